The summed E-state index contributed by atoms with van der Waals surface area (Å²) < 4.78 is 0. The highest BCUT2D eigenvalue weighted by Gasteiger charge is 2.31. The molecule has 210 valence electrons. The molecule has 0 aliphatic heterocycles. The highest BCUT2D eigenvalue weighted by atomic mass is 16.7. The molecule has 0 saturated heterocycles. The number of aliphatic hydroxyl groups excluding tert-OH is 4. The zero-order chi connectivity index (χ0) is 28.2. The molecule has 1 unspecified atom stereocenters. The van der Waals surface area contributed by atoms with Gasteiger partial charge in [-0.15, -0.1) is 0 Å². The Hall–Kier alpha value is -3.02. The molecule has 2 aromatic rings. The summed E-state index contributed by atoms with van der Waals surface area (Å²) >= 11 is 0. The Morgan fingerprint density at radius 3 is 2.21 bits per heavy atom. The van der Waals surface area contributed by atoms with E-state index < -0.39 is 37.1 Å². The second-order valence-corrected chi connectivity index (χ2v) is 9.31. The number of hydrogen-bond acceptors (Lipinski definition) is 8. The van der Waals surface area contributed by atoms with Crippen molar-refractivity contribution in [3.8, 4) is 0 Å². The molecule has 4 atom stereocenters. The predicted molar refractivity (Wildman–Crippen MR) is 145 cm³/mol. The third kappa shape index (κ3) is 9.07. The number of benzene rings is 2. The van der Waals surface area contributed by atoms with Crippen LogP contribution in [-0.2, 0) is 11.3 Å². The van der Waals surface area contributed by atoms with Crippen LogP contribution in [0.3, 0.4) is 0 Å². The molecule has 0 saturated carbocycles. The van der Waals surface area contributed by atoms with Crippen molar-refractivity contribution in [2.24, 2.45) is 0 Å². The van der Waals surface area contributed by atoms with Gasteiger partial charge in [0.25, 0.3) is 11.8 Å². The van der Waals surface area contributed by atoms with E-state index in [9.17, 15) is 30.0 Å². The van der Waals surface area contributed by atoms with Crippen LogP contribution in [0.25, 0.3) is 0 Å². The van der Waals surface area contributed by atoms with Gasteiger partial charge in [0.1, 0.15) is 24.9 Å². The Bertz CT molecular complexity index is 1040. The summed E-state index contributed by atoms with van der Waals surface area (Å²) in [6.07, 6.45) is -4.26. The van der Waals surface area contributed by atoms with Gasteiger partial charge in [-0.3, -0.25) is 14.4 Å². The number of nitrogens with one attached hydrogen (secondary N) is 2. The van der Waals surface area contributed by atoms with E-state index in [1.165, 1.54) is 6.07 Å². The number of nitrogens with zero attached hydrogens (tertiary/aromatic N) is 1. The number of aryl methyl sites for hydroxylation is 2. The molecule has 0 fully saturated rings. The van der Waals surface area contributed by atoms with Crippen LogP contribution in [0.4, 0.5) is 5.69 Å². The molecule has 0 aliphatic carbocycles. The Balaban J connectivity index is 1.93. The maximum atomic E-state index is 12.9. The molecule has 0 bridgehead atoms. The average Bonchev–Trinajstić information content (AvgIpc) is 2.91. The fourth-order valence-electron chi connectivity index (χ4n) is 3.98. The number of carbonyl (C=O) groups excluding carboxylic acids is 2. The molecule has 0 spiro atoms. The number of hydroxylamine groups is 1. The number of anilines is 1. The molecule has 38 heavy (non-hydrogen) atoms. The van der Waals surface area contributed by atoms with E-state index in [1.54, 1.807) is 42.2 Å². The van der Waals surface area contributed by atoms with Gasteiger partial charge in [0.15, 0.2) is 6.23 Å². The maximum absolute atomic E-state index is 12.9. The summed E-state index contributed by atoms with van der Waals surface area (Å²) in [6, 6.07) is 12.0. The standard InChI is InChI=1S/C28H41N3O7/c1-5-11-31(12-6-2)28(37)21-14-18(4)13-20(16-21)26(35)30-38-17-23(32)24(33)25(34)27(36)29-22-10-8-9-19(7-3)15-22/h8-10,13-16,23-25,27,29,32-34,36H,5-7,11-12,17H2,1-4H3,(H,30,35)/t23-,24+,25-,27?/m0/s1. The zero-order valence-corrected chi connectivity index (χ0v) is 22.6. The molecule has 0 radical (unpaired) electrons. The van der Waals surface area contributed by atoms with Gasteiger partial charge < -0.3 is 30.6 Å². The second kappa shape index (κ2) is 15.4. The maximum Gasteiger partial charge on any atom is 0.274 e. The predicted octanol–water partition coefficient (Wildman–Crippen LogP) is 1.99. The van der Waals surface area contributed by atoms with Crippen LogP contribution in [0.15, 0.2) is 42.5 Å². The number of amides is 2. The van der Waals surface area contributed by atoms with Crippen molar-refractivity contribution in [1.82, 2.24) is 10.4 Å². The summed E-state index contributed by atoms with van der Waals surface area (Å²) in [5.41, 5.74) is 5.06. The normalized spacial score (nSPS) is 14.3. The van der Waals surface area contributed by atoms with E-state index in [-0.39, 0.29) is 11.5 Å². The lowest BCUT2D eigenvalue weighted by atomic mass is 10.0. The van der Waals surface area contributed by atoms with Crippen molar-refractivity contribution in [2.45, 2.75) is 71.5 Å². The van der Waals surface area contributed by atoms with E-state index >= 15 is 0 Å². The first-order valence-electron chi connectivity index (χ1n) is 13.0. The van der Waals surface area contributed by atoms with E-state index in [1.807, 2.05) is 26.8 Å². The lowest BCUT2D eigenvalue weighted by Crippen LogP contribution is -2.49. The lowest BCUT2D eigenvalue weighted by molar-refractivity contribution is -0.122. The van der Waals surface area contributed by atoms with Crippen LogP contribution in [-0.4, -0.2) is 81.4 Å². The summed E-state index contributed by atoms with van der Waals surface area (Å²) in [6.45, 7) is 8.43. The Kier molecular flexibility index (Phi) is 12.6. The van der Waals surface area contributed by atoms with E-state index in [2.05, 4.69) is 10.8 Å². The third-order valence-corrected chi connectivity index (χ3v) is 6.00. The van der Waals surface area contributed by atoms with Gasteiger partial charge in [-0.05, 0) is 67.6 Å². The van der Waals surface area contributed by atoms with Gasteiger partial charge in [0.2, 0.25) is 0 Å². The van der Waals surface area contributed by atoms with Crippen molar-refractivity contribution in [1.29, 1.82) is 0 Å². The van der Waals surface area contributed by atoms with Crippen LogP contribution < -0.4 is 10.8 Å². The van der Waals surface area contributed by atoms with Gasteiger partial charge in [-0.25, -0.2) is 5.48 Å². The van der Waals surface area contributed by atoms with Crippen LogP contribution in [0, 0.1) is 6.92 Å². The van der Waals surface area contributed by atoms with Crippen molar-refractivity contribution >= 4 is 17.5 Å². The smallest absolute Gasteiger partial charge is 0.274 e. The van der Waals surface area contributed by atoms with E-state index in [0.29, 0.717) is 24.3 Å². The quantitative estimate of drug-likeness (QED) is 0.151. The fourth-order valence-corrected chi connectivity index (χ4v) is 3.98. The second-order valence-electron chi connectivity index (χ2n) is 9.31. The van der Waals surface area contributed by atoms with Gasteiger partial charge in [-0.2, -0.15) is 0 Å². The molecular weight excluding hydrogens is 490 g/mol. The number of hydrogen-bond donors (Lipinski definition) is 6. The first-order valence-corrected chi connectivity index (χ1v) is 13.0. The monoisotopic (exact) mass is 531 g/mol. The van der Waals surface area contributed by atoms with Crippen molar-refractivity contribution in [3.05, 3.63) is 64.7 Å². The molecule has 0 aromatic heterocycles. The zero-order valence-electron chi connectivity index (χ0n) is 22.6. The van der Waals surface area contributed by atoms with Crippen LogP contribution in [0.2, 0.25) is 0 Å². The molecule has 10 heteroatoms. The average molecular weight is 532 g/mol. The van der Waals surface area contributed by atoms with Crippen LogP contribution >= 0.6 is 0 Å². The van der Waals surface area contributed by atoms with Gasteiger partial charge in [0, 0.05) is 29.9 Å². The summed E-state index contributed by atoms with van der Waals surface area (Å²) in [7, 11) is 0. The first-order chi connectivity index (χ1) is 18.1. The number of carbonyl (C=O) groups is 2. The molecule has 2 amide bonds. The van der Waals surface area contributed by atoms with Gasteiger partial charge >= 0.3 is 0 Å². The Morgan fingerprint density at radius 1 is 0.921 bits per heavy atom. The molecule has 0 aliphatic rings. The summed E-state index contributed by atoms with van der Waals surface area (Å²) in [4.78, 5) is 32.4. The molecule has 0 heterocycles. The van der Waals surface area contributed by atoms with Gasteiger partial charge in [0.05, 0.1) is 0 Å². The lowest BCUT2D eigenvalue weighted by Gasteiger charge is -2.27. The van der Waals surface area contributed by atoms with Crippen molar-refractivity contribution in [2.75, 3.05) is 25.0 Å². The van der Waals surface area contributed by atoms with Crippen LogP contribution in [0.5, 0.6) is 0 Å². The third-order valence-electron chi connectivity index (χ3n) is 6.00. The van der Waals surface area contributed by atoms with Crippen molar-refractivity contribution in [3.63, 3.8) is 0 Å². The highest BCUT2D eigenvalue weighted by molar-refractivity contribution is 5.99. The molecule has 6 N–H and O–H groups in total. The minimum absolute atomic E-state index is 0.159. The minimum atomic E-state index is -1.77. The van der Waals surface area contributed by atoms with Crippen molar-refractivity contribution < 1.29 is 34.9 Å². The van der Waals surface area contributed by atoms with Gasteiger partial charge in [-0.1, -0.05) is 32.9 Å². The first kappa shape index (κ1) is 31.2. The number of rotatable bonds is 15. The summed E-state index contributed by atoms with van der Waals surface area (Å²) in [5, 5.41) is 43.7. The van der Waals surface area contributed by atoms with E-state index in [4.69, 9.17) is 4.84 Å². The SMILES string of the molecule is CCCN(CCC)C(=O)c1cc(C)cc(C(=O)NOC[C@H](O)[C@@H](O)[C@H](O)C(O)Nc2cccc(CC)c2)c1. The molecule has 2 aromatic carbocycles. The summed E-state index contributed by atoms with van der Waals surface area (Å²) in [5.74, 6) is -0.798. The molecule has 2 rings (SSSR count). The Labute approximate surface area is 224 Å². The Morgan fingerprint density at radius 2 is 1.58 bits per heavy atom. The topological polar surface area (TPSA) is 152 Å². The minimum Gasteiger partial charge on any atom is -0.388 e. The fraction of sp³-hybridized carbons (Fsp3) is 0.500. The van der Waals surface area contributed by atoms with E-state index in [0.717, 1.165) is 30.4 Å². The molecule has 10 nitrogen and oxygen atoms in total. The van der Waals surface area contributed by atoms with Crippen LogP contribution in [0.1, 0.15) is 65.5 Å². The highest BCUT2D eigenvalue weighted by Crippen LogP contribution is 2.16. The molecular formula is C28H41N3O7. The largest absolute Gasteiger partial charge is 0.388 e. The number of aliphatic hydroxyl groups is 4.